The van der Waals surface area contributed by atoms with Crippen LogP contribution in [-0.2, 0) is 4.79 Å². The maximum atomic E-state index is 13.1. The lowest BCUT2D eigenvalue weighted by molar-refractivity contribution is -0.136. The second-order valence-electron chi connectivity index (χ2n) is 8.54. The molecular formula is C20H33NO. The van der Waals surface area contributed by atoms with Crippen molar-refractivity contribution >= 4 is 5.91 Å². The quantitative estimate of drug-likeness (QED) is 0.709. The predicted molar refractivity (Wildman–Crippen MR) is 89.5 cm³/mol. The van der Waals surface area contributed by atoms with E-state index in [1.807, 2.05) is 0 Å². The molecule has 0 spiro atoms. The van der Waals surface area contributed by atoms with Gasteiger partial charge < -0.3 is 4.90 Å². The molecule has 1 saturated heterocycles. The van der Waals surface area contributed by atoms with Crippen LogP contribution in [0.5, 0.6) is 0 Å². The molecule has 1 heterocycles. The smallest absolute Gasteiger partial charge is 0.223 e. The largest absolute Gasteiger partial charge is 0.336 e. The molecule has 0 radical (unpaired) electrons. The standard InChI is InChI=1S/C20H33NO/c22-20(14-15-8-2-1-3-9-15)21-18-12-6-4-10-16(18)17-11-5-7-13-19(17)21/h15-19H,1-14H2. The lowest BCUT2D eigenvalue weighted by atomic mass is 9.73. The van der Waals surface area contributed by atoms with E-state index in [1.54, 1.807) is 0 Å². The average Bonchev–Trinajstić information content (AvgIpc) is 2.90. The van der Waals surface area contributed by atoms with E-state index in [-0.39, 0.29) is 0 Å². The van der Waals surface area contributed by atoms with Gasteiger partial charge in [-0.15, -0.1) is 0 Å². The first-order valence-electron chi connectivity index (χ1n) is 10.2. The molecular weight excluding hydrogens is 270 g/mol. The Balaban J connectivity index is 1.49. The first kappa shape index (κ1) is 15.0. The van der Waals surface area contributed by atoms with Crippen molar-refractivity contribution in [2.45, 2.75) is 102 Å². The fourth-order valence-electron chi connectivity index (χ4n) is 6.33. The van der Waals surface area contributed by atoms with Crippen LogP contribution in [0.2, 0.25) is 0 Å². The van der Waals surface area contributed by atoms with Crippen molar-refractivity contribution in [3.8, 4) is 0 Å². The van der Waals surface area contributed by atoms with Crippen molar-refractivity contribution in [1.82, 2.24) is 4.90 Å². The van der Waals surface area contributed by atoms with Crippen LogP contribution in [0.4, 0.5) is 0 Å². The Kier molecular flexibility index (Phi) is 4.46. The monoisotopic (exact) mass is 303 g/mol. The number of fused-ring (bicyclic) bond motifs is 3. The fraction of sp³-hybridized carbons (Fsp3) is 0.950. The summed E-state index contributed by atoms with van der Waals surface area (Å²) in [6.45, 7) is 0. The minimum absolute atomic E-state index is 0.540. The van der Waals surface area contributed by atoms with Gasteiger partial charge in [0.1, 0.15) is 0 Å². The third-order valence-corrected chi connectivity index (χ3v) is 7.30. The molecule has 1 aliphatic heterocycles. The molecule has 1 amide bonds. The lowest BCUT2D eigenvalue weighted by Crippen LogP contribution is -2.44. The van der Waals surface area contributed by atoms with Crippen molar-refractivity contribution in [2.24, 2.45) is 17.8 Å². The maximum Gasteiger partial charge on any atom is 0.223 e. The van der Waals surface area contributed by atoms with Crippen molar-refractivity contribution in [1.29, 1.82) is 0 Å². The summed E-state index contributed by atoms with van der Waals surface area (Å²) in [5, 5.41) is 0. The van der Waals surface area contributed by atoms with Crippen molar-refractivity contribution < 1.29 is 4.79 Å². The summed E-state index contributed by atoms with van der Waals surface area (Å²) in [4.78, 5) is 15.6. The van der Waals surface area contributed by atoms with Crippen LogP contribution in [-0.4, -0.2) is 22.9 Å². The van der Waals surface area contributed by atoms with E-state index in [1.165, 1.54) is 83.5 Å². The van der Waals surface area contributed by atoms with Gasteiger partial charge in [0.2, 0.25) is 5.91 Å². The number of likely N-dealkylation sites (tertiary alicyclic amines) is 1. The number of carbonyl (C=O) groups excluding carboxylic acids is 1. The van der Waals surface area contributed by atoms with Crippen molar-refractivity contribution in [2.75, 3.05) is 0 Å². The predicted octanol–water partition coefficient (Wildman–Crippen LogP) is 4.92. The molecule has 2 nitrogen and oxygen atoms in total. The molecule has 4 rings (SSSR count). The third kappa shape index (κ3) is 2.71. The minimum atomic E-state index is 0.540. The van der Waals surface area contributed by atoms with Gasteiger partial charge in [-0.25, -0.2) is 0 Å². The van der Waals surface area contributed by atoms with Crippen LogP contribution < -0.4 is 0 Å². The minimum Gasteiger partial charge on any atom is -0.336 e. The Labute approximate surface area is 136 Å². The van der Waals surface area contributed by atoms with Gasteiger partial charge in [-0.05, 0) is 56.3 Å². The molecule has 0 aromatic carbocycles. The molecule has 0 aromatic heterocycles. The molecule has 4 aliphatic rings. The molecule has 0 N–H and O–H groups in total. The molecule has 4 fully saturated rings. The first-order chi connectivity index (χ1) is 10.8. The molecule has 0 aromatic rings. The Morgan fingerprint density at radius 1 is 0.682 bits per heavy atom. The molecule has 3 saturated carbocycles. The normalized spacial score (nSPS) is 39.4. The van der Waals surface area contributed by atoms with Gasteiger partial charge in [-0.3, -0.25) is 4.79 Å². The van der Waals surface area contributed by atoms with Crippen LogP contribution in [0.3, 0.4) is 0 Å². The highest BCUT2D eigenvalue weighted by atomic mass is 16.2. The molecule has 4 atom stereocenters. The van der Waals surface area contributed by atoms with Gasteiger partial charge in [0.05, 0.1) is 0 Å². The number of hydrogen-bond donors (Lipinski definition) is 0. The first-order valence-corrected chi connectivity index (χ1v) is 10.2. The summed E-state index contributed by atoms with van der Waals surface area (Å²) >= 11 is 0. The van der Waals surface area contributed by atoms with Crippen LogP contribution in [0, 0.1) is 17.8 Å². The summed E-state index contributed by atoms with van der Waals surface area (Å²) in [6, 6.07) is 1.25. The summed E-state index contributed by atoms with van der Waals surface area (Å²) in [5.41, 5.74) is 0. The highest BCUT2D eigenvalue weighted by Crippen LogP contribution is 2.49. The summed E-state index contributed by atoms with van der Waals surface area (Å²) < 4.78 is 0. The van der Waals surface area contributed by atoms with Gasteiger partial charge in [-0.2, -0.15) is 0 Å². The van der Waals surface area contributed by atoms with Crippen LogP contribution in [0.25, 0.3) is 0 Å². The zero-order valence-corrected chi connectivity index (χ0v) is 14.1. The van der Waals surface area contributed by atoms with E-state index in [4.69, 9.17) is 0 Å². The summed E-state index contributed by atoms with van der Waals surface area (Å²) in [7, 11) is 0. The van der Waals surface area contributed by atoms with Gasteiger partial charge in [0, 0.05) is 18.5 Å². The van der Waals surface area contributed by atoms with Gasteiger partial charge in [0.15, 0.2) is 0 Å². The van der Waals surface area contributed by atoms with Gasteiger partial charge in [0.25, 0.3) is 0 Å². The van der Waals surface area contributed by atoms with Crippen LogP contribution >= 0.6 is 0 Å². The van der Waals surface area contributed by atoms with Crippen LogP contribution in [0.15, 0.2) is 0 Å². The fourth-order valence-corrected chi connectivity index (χ4v) is 6.33. The average molecular weight is 303 g/mol. The number of amides is 1. The van der Waals surface area contributed by atoms with E-state index in [0.717, 1.165) is 18.3 Å². The SMILES string of the molecule is O=C(CC1CCCCC1)N1C2CCCCC2C2CCCCC21. The highest BCUT2D eigenvalue weighted by Gasteiger charge is 2.51. The van der Waals surface area contributed by atoms with Gasteiger partial charge in [-0.1, -0.05) is 44.9 Å². The Morgan fingerprint density at radius 3 is 1.77 bits per heavy atom. The molecule has 2 heteroatoms. The second kappa shape index (κ2) is 6.53. The number of carbonyl (C=O) groups is 1. The maximum absolute atomic E-state index is 13.1. The molecule has 3 aliphatic carbocycles. The third-order valence-electron chi connectivity index (χ3n) is 7.30. The molecule has 4 unspecified atom stereocenters. The molecule has 124 valence electrons. The van der Waals surface area contributed by atoms with E-state index in [0.29, 0.717) is 23.9 Å². The Bertz CT molecular complexity index is 379. The van der Waals surface area contributed by atoms with E-state index in [9.17, 15) is 4.79 Å². The highest BCUT2D eigenvalue weighted by molar-refractivity contribution is 5.77. The van der Waals surface area contributed by atoms with Crippen molar-refractivity contribution in [3.63, 3.8) is 0 Å². The summed E-state index contributed by atoms with van der Waals surface area (Å²) in [5.74, 6) is 2.95. The zero-order chi connectivity index (χ0) is 14.9. The molecule has 22 heavy (non-hydrogen) atoms. The Hall–Kier alpha value is -0.530. The van der Waals surface area contributed by atoms with Crippen LogP contribution in [0.1, 0.15) is 89.9 Å². The second-order valence-corrected chi connectivity index (χ2v) is 8.54. The Morgan fingerprint density at radius 2 is 1.18 bits per heavy atom. The number of rotatable bonds is 2. The van der Waals surface area contributed by atoms with E-state index < -0.39 is 0 Å². The number of nitrogens with zero attached hydrogens (tertiary/aromatic N) is 1. The van der Waals surface area contributed by atoms with Gasteiger partial charge >= 0.3 is 0 Å². The number of hydrogen-bond acceptors (Lipinski definition) is 1. The van der Waals surface area contributed by atoms with E-state index >= 15 is 0 Å². The lowest BCUT2D eigenvalue weighted by Gasteiger charge is -2.36. The van der Waals surface area contributed by atoms with E-state index in [2.05, 4.69) is 4.90 Å². The topological polar surface area (TPSA) is 20.3 Å². The molecule has 0 bridgehead atoms. The zero-order valence-electron chi connectivity index (χ0n) is 14.1. The van der Waals surface area contributed by atoms with Crippen molar-refractivity contribution in [3.05, 3.63) is 0 Å². The summed E-state index contributed by atoms with van der Waals surface area (Å²) in [6.07, 6.45) is 18.5.